The maximum absolute atomic E-state index is 11.1. The van der Waals surface area contributed by atoms with E-state index in [1.165, 1.54) is 12.0 Å². The molecule has 0 saturated carbocycles. The highest BCUT2D eigenvalue weighted by molar-refractivity contribution is 7.85. The Balaban J connectivity index is 1.96. The Labute approximate surface area is 115 Å². The number of rotatable bonds is 5. The van der Waals surface area contributed by atoms with Gasteiger partial charge in [-0.2, -0.15) is 8.42 Å². The van der Waals surface area contributed by atoms with Gasteiger partial charge in [0, 0.05) is 12.6 Å². The van der Waals surface area contributed by atoms with Crippen molar-refractivity contribution < 1.29 is 12.6 Å². The number of likely N-dealkylation sites (tertiary alicyclic amines) is 1. The molecule has 19 heavy (non-hydrogen) atoms. The van der Waals surface area contributed by atoms with Crippen LogP contribution in [0.5, 0.6) is 0 Å². The smallest absolute Gasteiger partial charge is 0.264 e. The lowest BCUT2D eigenvalue weighted by atomic mass is 10.0. The summed E-state index contributed by atoms with van der Waals surface area (Å²) < 4.78 is 27.2. The highest BCUT2D eigenvalue weighted by Gasteiger charge is 2.23. The Morgan fingerprint density at radius 1 is 1.26 bits per heavy atom. The molecule has 1 heterocycles. The van der Waals surface area contributed by atoms with Gasteiger partial charge in [-0.1, -0.05) is 36.8 Å². The van der Waals surface area contributed by atoms with Crippen LogP contribution in [-0.2, 0) is 20.8 Å². The molecule has 0 amide bonds. The van der Waals surface area contributed by atoms with Gasteiger partial charge >= 0.3 is 0 Å². The summed E-state index contributed by atoms with van der Waals surface area (Å²) in [6.07, 6.45) is 4.42. The largest absolute Gasteiger partial charge is 0.294 e. The molecule has 0 bridgehead atoms. The maximum Gasteiger partial charge on any atom is 0.264 e. The van der Waals surface area contributed by atoms with Gasteiger partial charge in [0.25, 0.3) is 10.1 Å². The van der Waals surface area contributed by atoms with Crippen LogP contribution < -0.4 is 0 Å². The molecule has 106 valence electrons. The van der Waals surface area contributed by atoms with E-state index in [9.17, 15) is 8.42 Å². The van der Waals surface area contributed by atoms with E-state index < -0.39 is 10.1 Å². The van der Waals surface area contributed by atoms with E-state index in [1.807, 2.05) is 18.2 Å². The average molecular weight is 283 g/mol. The predicted octanol–water partition coefficient (Wildman–Crippen LogP) is 2.02. The fourth-order valence-corrected chi connectivity index (χ4v) is 2.88. The number of hydrogen-bond acceptors (Lipinski definition) is 4. The lowest BCUT2D eigenvalue weighted by molar-refractivity contribution is 0.0961. The van der Waals surface area contributed by atoms with Crippen molar-refractivity contribution in [2.24, 2.45) is 0 Å². The minimum absolute atomic E-state index is 0.198. The summed E-state index contributed by atoms with van der Waals surface area (Å²) >= 11 is 0. The standard InChI is InChI=1S/C14H21NO3S/c1-19(16,17)18-12-14-9-5-6-10-15(14)11-13-7-3-2-4-8-13/h2-4,7-8,14H,5-6,9-12H2,1H3/t14-/m1/s1. The van der Waals surface area contributed by atoms with Crippen molar-refractivity contribution in [2.75, 3.05) is 19.4 Å². The van der Waals surface area contributed by atoms with Crippen LogP contribution in [0.25, 0.3) is 0 Å². The van der Waals surface area contributed by atoms with Gasteiger partial charge in [-0.15, -0.1) is 0 Å². The molecule has 0 aromatic heterocycles. The van der Waals surface area contributed by atoms with Crippen LogP contribution in [0.3, 0.4) is 0 Å². The first-order valence-corrected chi connectivity index (χ1v) is 8.48. The van der Waals surface area contributed by atoms with Crippen LogP contribution in [0, 0.1) is 0 Å². The molecule has 1 aliphatic heterocycles. The summed E-state index contributed by atoms with van der Waals surface area (Å²) in [5.74, 6) is 0. The Kier molecular flexibility index (Phi) is 4.96. The van der Waals surface area contributed by atoms with Gasteiger partial charge in [-0.05, 0) is 24.9 Å². The van der Waals surface area contributed by atoms with Crippen LogP contribution >= 0.6 is 0 Å². The molecule has 1 atom stereocenters. The van der Waals surface area contributed by atoms with Crippen LogP contribution in [-0.4, -0.2) is 38.8 Å². The predicted molar refractivity (Wildman–Crippen MR) is 75.3 cm³/mol. The van der Waals surface area contributed by atoms with Gasteiger partial charge in [0.2, 0.25) is 0 Å². The Morgan fingerprint density at radius 3 is 2.68 bits per heavy atom. The summed E-state index contributed by atoms with van der Waals surface area (Å²) in [5.41, 5.74) is 1.26. The highest BCUT2D eigenvalue weighted by atomic mass is 32.2. The molecule has 1 aliphatic rings. The zero-order chi connectivity index (χ0) is 13.7. The second-order valence-corrected chi connectivity index (χ2v) is 6.74. The quantitative estimate of drug-likeness (QED) is 0.776. The monoisotopic (exact) mass is 283 g/mol. The van der Waals surface area contributed by atoms with Gasteiger partial charge in [0.05, 0.1) is 12.9 Å². The fourth-order valence-electron chi connectivity index (χ4n) is 2.48. The molecule has 2 rings (SSSR count). The third kappa shape index (κ3) is 4.93. The van der Waals surface area contributed by atoms with Crippen LogP contribution in [0.2, 0.25) is 0 Å². The van der Waals surface area contributed by atoms with E-state index >= 15 is 0 Å². The minimum atomic E-state index is -3.35. The molecule has 1 aromatic rings. The molecule has 5 heteroatoms. The molecule has 0 spiro atoms. The third-order valence-corrected chi connectivity index (χ3v) is 4.02. The SMILES string of the molecule is CS(=O)(=O)OC[C@H]1CCCCN1Cc1ccccc1. The van der Waals surface area contributed by atoms with E-state index in [0.717, 1.165) is 32.2 Å². The van der Waals surface area contributed by atoms with Crippen LogP contribution in [0.1, 0.15) is 24.8 Å². The van der Waals surface area contributed by atoms with Gasteiger partial charge in [0.15, 0.2) is 0 Å². The Bertz CT molecular complexity index is 487. The molecule has 0 radical (unpaired) electrons. The van der Waals surface area contributed by atoms with E-state index in [0.29, 0.717) is 0 Å². The number of nitrogens with zero attached hydrogens (tertiary/aromatic N) is 1. The number of benzene rings is 1. The number of piperidine rings is 1. The van der Waals surface area contributed by atoms with Gasteiger partial charge in [-0.3, -0.25) is 9.08 Å². The second kappa shape index (κ2) is 6.50. The van der Waals surface area contributed by atoms with Crippen molar-refractivity contribution in [1.82, 2.24) is 4.90 Å². The Morgan fingerprint density at radius 2 is 2.00 bits per heavy atom. The lowest BCUT2D eigenvalue weighted by Gasteiger charge is -2.35. The maximum atomic E-state index is 11.1. The topological polar surface area (TPSA) is 46.6 Å². The van der Waals surface area contributed by atoms with Crippen molar-refractivity contribution in [3.8, 4) is 0 Å². The van der Waals surface area contributed by atoms with E-state index in [-0.39, 0.29) is 12.6 Å². The zero-order valence-corrected chi connectivity index (χ0v) is 12.1. The number of hydrogen-bond donors (Lipinski definition) is 0. The molecule has 0 aliphatic carbocycles. The van der Waals surface area contributed by atoms with Crippen molar-refractivity contribution >= 4 is 10.1 Å². The molecular weight excluding hydrogens is 262 g/mol. The van der Waals surface area contributed by atoms with E-state index in [1.54, 1.807) is 0 Å². The first-order chi connectivity index (χ1) is 9.04. The molecule has 0 unspecified atom stereocenters. The average Bonchev–Trinajstić information content (AvgIpc) is 2.38. The normalized spacial score (nSPS) is 21.4. The second-order valence-electron chi connectivity index (χ2n) is 5.09. The molecule has 4 nitrogen and oxygen atoms in total. The lowest BCUT2D eigenvalue weighted by Crippen LogP contribution is -2.42. The van der Waals surface area contributed by atoms with Crippen molar-refractivity contribution in [1.29, 1.82) is 0 Å². The fraction of sp³-hybridized carbons (Fsp3) is 0.571. The highest BCUT2D eigenvalue weighted by Crippen LogP contribution is 2.20. The summed E-state index contributed by atoms with van der Waals surface area (Å²) in [6.45, 7) is 2.14. The Hall–Kier alpha value is -0.910. The van der Waals surface area contributed by atoms with Crippen molar-refractivity contribution in [3.63, 3.8) is 0 Å². The van der Waals surface area contributed by atoms with Gasteiger partial charge in [0.1, 0.15) is 0 Å². The first kappa shape index (κ1) is 14.5. The van der Waals surface area contributed by atoms with Gasteiger partial charge in [-0.25, -0.2) is 0 Å². The van der Waals surface area contributed by atoms with Crippen LogP contribution in [0.15, 0.2) is 30.3 Å². The molecular formula is C14H21NO3S. The van der Waals surface area contributed by atoms with Crippen LogP contribution in [0.4, 0.5) is 0 Å². The summed E-state index contributed by atoms with van der Waals surface area (Å²) in [6, 6.07) is 10.5. The summed E-state index contributed by atoms with van der Waals surface area (Å²) in [5, 5.41) is 0. The van der Waals surface area contributed by atoms with E-state index in [2.05, 4.69) is 17.0 Å². The minimum Gasteiger partial charge on any atom is -0.294 e. The molecule has 1 aromatic carbocycles. The molecule has 1 saturated heterocycles. The molecule has 1 fully saturated rings. The van der Waals surface area contributed by atoms with E-state index in [4.69, 9.17) is 4.18 Å². The zero-order valence-electron chi connectivity index (χ0n) is 11.3. The van der Waals surface area contributed by atoms with Gasteiger partial charge < -0.3 is 0 Å². The molecule has 0 N–H and O–H groups in total. The van der Waals surface area contributed by atoms with Crippen molar-refractivity contribution in [3.05, 3.63) is 35.9 Å². The summed E-state index contributed by atoms with van der Waals surface area (Å²) in [4.78, 5) is 2.32. The van der Waals surface area contributed by atoms with Crippen molar-refractivity contribution in [2.45, 2.75) is 31.8 Å². The third-order valence-electron chi connectivity index (χ3n) is 3.45. The first-order valence-electron chi connectivity index (χ1n) is 6.67. The summed E-state index contributed by atoms with van der Waals surface area (Å²) in [7, 11) is -3.35.